The van der Waals surface area contributed by atoms with Gasteiger partial charge in [0.25, 0.3) is 5.91 Å². The number of ether oxygens (including phenoxy) is 1. The molecule has 1 N–H and O–H groups in total. The number of benzene rings is 4. The van der Waals surface area contributed by atoms with Gasteiger partial charge in [0.1, 0.15) is 24.0 Å². The normalized spacial score (nSPS) is 11.2. The molecule has 0 radical (unpaired) electrons. The molecule has 7 heteroatoms. The van der Waals surface area contributed by atoms with Crippen LogP contribution in [0.2, 0.25) is 0 Å². The Hall–Kier alpha value is -2.42. The van der Waals surface area contributed by atoms with E-state index in [4.69, 9.17) is 4.74 Å². The van der Waals surface area contributed by atoms with Gasteiger partial charge in [0.2, 0.25) is 0 Å². The van der Waals surface area contributed by atoms with Crippen molar-refractivity contribution < 1.29 is 9.53 Å². The van der Waals surface area contributed by atoms with Crippen LogP contribution in [0, 0.1) is 18.5 Å². The standard InChI is InChI=1S/C27H17BrI2N2O2/c28-21-8-4-9-22(14-21)32-27(33)20(15-31)11-17-12-24(29)26(25(30)13-17)34-16-19-7-3-6-18-5-1-2-10-23(18)19/h1-14H,16H2,(H,32,33)/b20-11-. The Morgan fingerprint density at radius 2 is 1.71 bits per heavy atom. The molecule has 4 aromatic rings. The molecule has 4 rings (SSSR count). The second-order valence-electron chi connectivity index (χ2n) is 7.37. The minimum atomic E-state index is -0.457. The first kappa shape index (κ1) is 24.7. The molecule has 0 bridgehead atoms. The number of anilines is 1. The molecule has 0 saturated heterocycles. The fourth-order valence-corrected chi connectivity index (χ4v) is 5.98. The molecule has 0 aromatic heterocycles. The predicted molar refractivity (Wildman–Crippen MR) is 157 cm³/mol. The summed E-state index contributed by atoms with van der Waals surface area (Å²) in [6, 6.07) is 27.5. The molecule has 0 saturated carbocycles. The van der Waals surface area contributed by atoms with E-state index in [9.17, 15) is 10.1 Å². The van der Waals surface area contributed by atoms with Gasteiger partial charge in [0, 0.05) is 10.2 Å². The molecule has 1 amide bonds. The van der Waals surface area contributed by atoms with Gasteiger partial charge in [-0.3, -0.25) is 4.79 Å². The third-order valence-corrected chi connectivity index (χ3v) is 7.13. The van der Waals surface area contributed by atoms with E-state index in [-0.39, 0.29) is 5.57 Å². The number of rotatable bonds is 6. The molecule has 0 aliphatic heterocycles. The number of carbonyl (C=O) groups excluding carboxylic acids is 1. The van der Waals surface area contributed by atoms with Crippen LogP contribution in [0.25, 0.3) is 16.8 Å². The van der Waals surface area contributed by atoms with Crippen molar-refractivity contribution in [1.82, 2.24) is 0 Å². The maximum Gasteiger partial charge on any atom is 0.266 e. The summed E-state index contributed by atoms with van der Waals surface area (Å²) in [4.78, 5) is 12.6. The summed E-state index contributed by atoms with van der Waals surface area (Å²) in [5.41, 5.74) is 2.51. The molecule has 0 spiro atoms. The van der Waals surface area contributed by atoms with E-state index in [2.05, 4.69) is 90.7 Å². The summed E-state index contributed by atoms with van der Waals surface area (Å²) >= 11 is 7.82. The number of halogens is 3. The number of nitrogens with one attached hydrogen (secondary N) is 1. The highest BCUT2D eigenvalue weighted by Gasteiger charge is 2.13. The summed E-state index contributed by atoms with van der Waals surface area (Å²) in [7, 11) is 0. The highest BCUT2D eigenvalue weighted by Crippen LogP contribution is 2.31. The van der Waals surface area contributed by atoms with Crippen molar-refractivity contribution in [3.05, 3.63) is 107 Å². The van der Waals surface area contributed by atoms with Gasteiger partial charge in [-0.1, -0.05) is 64.5 Å². The molecule has 168 valence electrons. The monoisotopic (exact) mass is 734 g/mol. The SMILES string of the molecule is N#C/C(=C/c1cc(I)c(OCc2cccc3ccccc23)c(I)c1)C(=O)Nc1cccc(Br)c1. The van der Waals surface area contributed by atoms with Crippen LogP contribution < -0.4 is 10.1 Å². The van der Waals surface area contributed by atoms with E-state index >= 15 is 0 Å². The lowest BCUT2D eigenvalue weighted by molar-refractivity contribution is -0.112. The Morgan fingerprint density at radius 3 is 2.44 bits per heavy atom. The number of hydrogen-bond donors (Lipinski definition) is 1. The van der Waals surface area contributed by atoms with Gasteiger partial charge in [-0.25, -0.2) is 0 Å². The first-order valence-corrected chi connectivity index (χ1v) is 13.2. The van der Waals surface area contributed by atoms with Crippen LogP contribution >= 0.6 is 61.1 Å². The highest BCUT2D eigenvalue weighted by molar-refractivity contribution is 14.1. The predicted octanol–water partition coefficient (Wildman–Crippen LogP) is 7.94. The van der Waals surface area contributed by atoms with Crippen LogP contribution in [0.15, 0.2) is 88.9 Å². The molecule has 34 heavy (non-hydrogen) atoms. The molecule has 0 aliphatic rings. The maximum atomic E-state index is 12.6. The van der Waals surface area contributed by atoms with Crippen LogP contribution in [-0.2, 0) is 11.4 Å². The topological polar surface area (TPSA) is 62.1 Å². The van der Waals surface area contributed by atoms with Crippen LogP contribution in [0.5, 0.6) is 5.75 Å². The molecular formula is C27H17BrI2N2O2. The van der Waals surface area contributed by atoms with Crippen molar-refractivity contribution in [3.63, 3.8) is 0 Å². The lowest BCUT2D eigenvalue weighted by Crippen LogP contribution is -2.13. The molecule has 4 aromatic carbocycles. The minimum absolute atomic E-state index is 0.0241. The van der Waals surface area contributed by atoms with Crippen molar-refractivity contribution in [1.29, 1.82) is 5.26 Å². The number of carbonyl (C=O) groups is 1. The second kappa shape index (κ2) is 11.3. The van der Waals surface area contributed by atoms with E-state index in [1.165, 1.54) is 10.8 Å². The Labute approximate surface area is 233 Å². The summed E-state index contributed by atoms with van der Waals surface area (Å²) in [5, 5.41) is 14.7. The van der Waals surface area contributed by atoms with E-state index < -0.39 is 5.91 Å². The molecule has 0 atom stereocenters. The van der Waals surface area contributed by atoms with Crippen molar-refractivity contribution in [3.8, 4) is 11.8 Å². The maximum absolute atomic E-state index is 12.6. The number of hydrogen-bond acceptors (Lipinski definition) is 3. The highest BCUT2D eigenvalue weighted by atomic mass is 127. The molecule has 0 fully saturated rings. The lowest BCUT2D eigenvalue weighted by Gasteiger charge is -2.13. The van der Waals surface area contributed by atoms with Crippen molar-refractivity contribution >= 4 is 89.6 Å². The second-order valence-corrected chi connectivity index (χ2v) is 10.6. The average Bonchev–Trinajstić information content (AvgIpc) is 2.82. The fourth-order valence-electron chi connectivity index (χ4n) is 3.45. The van der Waals surface area contributed by atoms with Gasteiger partial charge in [-0.05, 0) is 103 Å². The van der Waals surface area contributed by atoms with Crippen LogP contribution in [0.1, 0.15) is 11.1 Å². The van der Waals surface area contributed by atoms with Gasteiger partial charge in [0.15, 0.2) is 0 Å². The largest absolute Gasteiger partial charge is 0.487 e. The van der Waals surface area contributed by atoms with Crippen LogP contribution in [0.4, 0.5) is 5.69 Å². The summed E-state index contributed by atoms with van der Waals surface area (Å²) in [6.07, 6.45) is 1.59. The molecule has 0 heterocycles. The lowest BCUT2D eigenvalue weighted by atomic mass is 10.1. The zero-order valence-corrected chi connectivity index (χ0v) is 23.6. The van der Waals surface area contributed by atoms with E-state index in [0.29, 0.717) is 12.3 Å². The van der Waals surface area contributed by atoms with Crippen LogP contribution in [0.3, 0.4) is 0 Å². The van der Waals surface area contributed by atoms with Gasteiger partial charge in [-0.15, -0.1) is 0 Å². The minimum Gasteiger partial charge on any atom is -0.487 e. The molecule has 4 nitrogen and oxygen atoms in total. The number of amides is 1. The summed E-state index contributed by atoms with van der Waals surface area (Å²) in [5.74, 6) is 0.324. The van der Waals surface area contributed by atoms with Gasteiger partial charge in [0.05, 0.1) is 7.14 Å². The number of fused-ring (bicyclic) bond motifs is 1. The Bertz CT molecular complexity index is 1430. The zero-order chi connectivity index (χ0) is 24.1. The van der Waals surface area contributed by atoms with Gasteiger partial charge >= 0.3 is 0 Å². The van der Waals surface area contributed by atoms with E-state index in [1.54, 1.807) is 18.2 Å². The molecule has 0 aliphatic carbocycles. The third kappa shape index (κ3) is 5.98. The Kier molecular flexibility index (Phi) is 8.24. The van der Waals surface area contributed by atoms with Crippen molar-refractivity contribution in [2.75, 3.05) is 5.32 Å². The smallest absolute Gasteiger partial charge is 0.266 e. The van der Waals surface area contributed by atoms with Crippen molar-refractivity contribution in [2.24, 2.45) is 0 Å². The Balaban J connectivity index is 1.53. The fraction of sp³-hybridized carbons (Fsp3) is 0.0370. The van der Waals surface area contributed by atoms with Gasteiger partial charge < -0.3 is 10.1 Å². The van der Waals surface area contributed by atoms with E-state index in [1.807, 2.05) is 48.5 Å². The number of nitriles is 1. The average molecular weight is 735 g/mol. The van der Waals surface area contributed by atoms with Gasteiger partial charge in [-0.2, -0.15) is 5.26 Å². The third-order valence-electron chi connectivity index (χ3n) is 5.03. The number of nitrogens with zero attached hydrogens (tertiary/aromatic N) is 1. The first-order valence-electron chi connectivity index (χ1n) is 10.2. The summed E-state index contributed by atoms with van der Waals surface area (Å²) < 4.78 is 8.85. The molecular weight excluding hydrogens is 718 g/mol. The van der Waals surface area contributed by atoms with Crippen LogP contribution in [-0.4, -0.2) is 5.91 Å². The Morgan fingerprint density at radius 1 is 1.00 bits per heavy atom. The van der Waals surface area contributed by atoms with E-state index in [0.717, 1.165) is 28.5 Å². The zero-order valence-electron chi connectivity index (χ0n) is 17.7. The van der Waals surface area contributed by atoms with Crippen molar-refractivity contribution in [2.45, 2.75) is 6.61 Å². The summed E-state index contributed by atoms with van der Waals surface area (Å²) in [6.45, 7) is 0.445. The quantitative estimate of drug-likeness (QED) is 0.124. The molecule has 0 unspecified atom stereocenters. The first-order chi connectivity index (χ1) is 16.4.